The Labute approximate surface area is 83.2 Å². The van der Waals surface area contributed by atoms with Crippen LogP contribution in [0.4, 0.5) is 5.69 Å². The van der Waals surface area contributed by atoms with Crippen molar-refractivity contribution in [3.63, 3.8) is 0 Å². The first kappa shape index (κ1) is 9.04. The fraction of sp³-hybridized carbons (Fsp3) is 0.364. The van der Waals surface area contributed by atoms with Crippen molar-refractivity contribution in [3.05, 3.63) is 29.8 Å². The van der Waals surface area contributed by atoms with E-state index < -0.39 is 0 Å². The maximum absolute atomic E-state index is 9.40. The summed E-state index contributed by atoms with van der Waals surface area (Å²) in [6.07, 6.45) is 0.543. The molecule has 1 heterocycles. The third-order valence-electron chi connectivity index (χ3n) is 2.53. The summed E-state index contributed by atoms with van der Waals surface area (Å²) in [6, 6.07) is 9.67. The monoisotopic (exact) mass is 188 g/mol. The van der Waals surface area contributed by atoms with E-state index in [-0.39, 0.29) is 6.10 Å². The maximum atomic E-state index is 9.40. The van der Waals surface area contributed by atoms with Gasteiger partial charge in [0.15, 0.2) is 0 Å². The zero-order valence-electron chi connectivity index (χ0n) is 7.85. The Bertz CT molecular complexity index is 370. The molecule has 0 saturated carbocycles. The van der Waals surface area contributed by atoms with Gasteiger partial charge in [-0.25, -0.2) is 0 Å². The lowest BCUT2D eigenvalue weighted by molar-refractivity contribution is 0.198. The Kier molecular flexibility index (Phi) is 2.38. The fourth-order valence-corrected chi connectivity index (χ4v) is 1.80. The van der Waals surface area contributed by atoms with Gasteiger partial charge >= 0.3 is 0 Å². The molecule has 14 heavy (non-hydrogen) atoms. The molecule has 0 bridgehead atoms. The van der Waals surface area contributed by atoms with E-state index >= 15 is 0 Å². The molecule has 3 nitrogen and oxygen atoms in total. The normalized spacial score (nSPS) is 20.9. The number of benzene rings is 1. The molecule has 0 aromatic heterocycles. The average molecular weight is 188 g/mol. The average Bonchev–Trinajstić information content (AvgIpc) is 2.65. The van der Waals surface area contributed by atoms with Crippen LogP contribution in [-0.2, 0) is 0 Å². The van der Waals surface area contributed by atoms with Crippen molar-refractivity contribution in [2.75, 3.05) is 18.0 Å². The van der Waals surface area contributed by atoms with Crippen molar-refractivity contribution in [2.45, 2.75) is 12.5 Å². The van der Waals surface area contributed by atoms with E-state index in [9.17, 15) is 5.11 Å². The minimum Gasteiger partial charge on any atom is -0.391 e. The van der Waals surface area contributed by atoms with Crippen LogP contribution in [0, 0.1) is 11.3 Å². The molecule has 0 aliphatic carbocycles. The van der Waals surface area contributed by atoms with Crippen LogP contribution in [0.5, 0.6) is 0 Å². The summed E-state index contributed by atoms with van der Waals surface area (Å²) in [5.74, 6) is 0. The smallest absolute Gasteiger partial charge is 0.101 e. The van der Waals surface area contributed by atoms with Crippen molar-refractivity contribution in [1.29, 1.82) is 5.26 Å². The highest BCUT2D eigenvalue weighted by Crippen LogP contribution is 2.23. The van der Waals surface area contributed by atoms with Crippen LogP contribution in [0.25, 0.3) is 0 Å². The summed E-state index contributed by atoms with van der Waals surface area (Å²) < 4.78 is 0. The first-order valence-corrected chi connectivity index (χ1v) is 4.73. The van der Waals surface area contributed by atoms with Gasteiger partial charge in [-0.1, -0.05) is 12.1 Å². The molecule has 0 amide bonds. The molecule has 72 valence electrons. The predicted molar refractivity (Wildman–Crippen MR) is 54.0 cm³/mol. The highest BCUT2D eigenvalue weighted by Gasteiger charge is 2.21. The number of hydrogen-bond donors (Lipinski definition) is 1. The highest BCUT2D eigenvalue weighted by atomic mass is 16.3. The van der Waals surface area contributed by atoms with E-state index in [4.69, 9.17) is 5.26 Å². The van der Waals surface area contributed by atoms with Crippen LogP contribution in [0.15, 0.2) is 24.3 Å². The molecule has 1 fully saturated rings. The van der Waals surface area contributed by atoms with Crippen LogP contribution in [0.2, 0.25) is 0 Å². The summed E-state index contributed by atoms with van der Waals surface area (Å²) in [6.45, 7) is 1.47. The molecule has 1 aliphatic heterocycles. The van der Waals surface area contributed by atoms with Crippen LogP contribution < -0.4 is 4.90 Å². The van der Waals surface area contributed by atoms with Gasteiger partial charge in [0.05, 0.1) is 17.4 Å². The van der Waals surface area contributed by atoms with E-state index in [0.717, 1.165) is 18.7 Å². The third kappa shape index (κ3) is 1.57. The molecule has 0 spiro atoms. The summed E-state index contributed by atoms with van der Waals surface area (Å²) in [7, 11) is 0. The van der Waals surface area contributed by atoms with Crippen LogP contribution >= 0.6 is 0 Å². The lowest BCUT2D eigenvalue weighted by Gasteiger charge is -2.18. The second-order valence-corrected chi connectivity index (χ2v) is 3.52. The summed E-state index contributed by atoms with van der Waals surface area (Å²) >= 11 is 0. The Morgan fingerprint density at radius 3 is 2.86 bits per heavy atom. The molecule has 1 atom stereocenters. The lowest BCUT2D eigenvalue weighted by atomic mass is 10.2. The van der Waals surface area contributed by atoms with Gasteiger partial charge in [0.2, 0.25) is 0 Å². The summed E-state index contributed by atoms with van der Waals surface area (Å²) in [4.78, 5) is 2.06. The van der Waals surface area contributed by atoms with Gasteiger partial charge < -0.3 is 10.0 Å². The second-order valence-electron chi connectivity index (χ2n) is 3.52. The molecular formula is C11H12N2O. The lowest BCUT2D eigenvalue weighted by Crippen LogP contribution is -2.21. The number of para-hydroxylation sites is 1. The molecular weight excluding hydrogens is 176 g/mol. The molecule has 1 aromatic carbocycles. The van der Waals surface area contributed by atoms with Gasteiger partial charge in [0.1, 0.15) is 6.07 Å². The number of nitriles is 1. The molecule has 1 aromatic rings. The van der Waals surface area contributed by atoms with Gasteiger partial charge in [-0.15, -0.1) is 0 Å². The Balaban J connectivity index is 2.28. The second kappa shape index (κ2) is 3.69. The van der Waals surface area contributed by atoms with E-state index in [0.29, 0.717) is 12.1 Å². The number of anilines is 1. The number of hydrogen-bond acceptors (Lipinski definition) is 3. The Hall–Kier alpha value is -1.53. The maximum Gasteiger partial charge on any atom is 0.101 e. The van der Waals surface area contributed by atoms with E-state index in [1.165, 1.54) is 0 Å². The fourth-order valence-electron chi connectivity index (χ4n) is 1.80. The van der Waals surface area contributed by atoms with Crippen molar-refractivity contribution < 1.29 is 5.11 Å². The molecule has 0 radical (unpaired) electrons. The molecule has 1 aliphatic rings. The van der Waals surface area contributed by atoms with Crippen LogP contribution in [0.1, 0.15) is 12.0 Å². The predicted octanol–water partition coefficient (Wildman–Crippen LogP) is 1.13. The van der Waals surface area contributed by atoms with E-state index in [1.54, 1.807) is 6.07 Å². The number of aliphatic hydroxyl groups is 1. The first-order chi connectivity index (χ1) is 6.81. The van der Waals surface area contributed by atoms with Crippen molar-refractivity contribution >= 4 is 5.69 Å². The first-order valence-electron chi connectivity index (χ1n) is 4.73. The number of aliphatic hydroxyl groups excluding tert-OH is 1. The minimum atomic E-state index is -0.248. The quantitative estimate of drug-likeness (QED) is 0.718. The zero-order chi connectivity index (χ0) is 9.97. The van der Waals surface area contributed by atoms with Crippen molar-refractivity contribution in [2.24, 2.45) is 0 Å². The zero-order valence-corrected chi connectivity index (χ0v) is 7.85. The molecule has 1 N–H and O–H groups in total. The van der Waals surface area contributed by atoms with E-state index in [2.05, 4.69) is 11.0 Å². The Morgan fingerprint density at radius 1 is 1.43 bits per heavy atom. The number of rotatable bonds is 1. The molecule has 3 heteroatoms. The number of nitrogens with zero attached hydrogens (tertiary/aromatic N) is 2. The molecule has 1 saturated heterocycles. The SMILES string of the molecule is N#Cc1ccccc1N1CC[C@@H](O)C1. The van der Waals surface area contributed by atoms with Gasteiger partial charge in [-0.05, 0) is 18.6 Å². The largest absolute Gasteiger partial charge is 0.391 e. The minimum absolute atomic E-state index is 0.248. The Morgan fingerprint density at radius 2 is 2.21 bits per heavy atom. The van der Waals surface area contributed by atoms with Crippen LogP contribution in [-0.4, -0.2) is 24.3 Å². The van der Waals surface area contributed by atoms with Gasteiger partial charge in [0.25, 0.3) is 0 Å². The van der Waals surface area contributed by atoms with Crippen LogP contribution in [0.3, 0.4) is 0 Å². The van der Waals surface area contributed by atoms with Gasteiger partial charge in [0, 0.05) is 13.1 Å². The molecule has 0 unspecified atom stereocenters. The van der Waals surface area contributed by atoms with Crippen molar-refractivity contribution in [3.8, 4) is 6.07 Å². The summed E-state index contributed by atoms with van der Waals surface area (Å²) in [5, 5.41) is 18.3. The summed E-state index contributed by atoms with van der Waals surface area (Å²) in [5.41, 5.74) is 1.62. The highest BCUT2D eigenvalue weighted by molar-refractivity contribution is 5.59. The van der Waals surface area contributed by atoms with Gasteiger partial charge in [-0.2, -0.15) is 5.26 Å². The number of β-amino-alcohol motifs (C(OH)–C–C–N with tert-alkyl or cyclic N) is 1. The van der Waals surface area contributed by atoms with Gasteiger partial charge in [-0.3, -0.25) is 0 Å². The van der Waals surface area contributed by atoms with E-state index in [1.807, 2.05) is 18.2 Å². The third-order valence-corrected chi connectivity index (χ3v) is 2.53. The van der Waals surface area contributed by atoms with Crippen molar-refractivity contribution in [1.82, 2.24) is 0 Å². The standard InChI is InChI=1S/C11H12N2O/c12-7-9-3-1-2-4-11(9)13-6-5-10(14)8-13/h1-4,10,14H,5-6,8H2/t10-/m1/s1. The molecule has 2 rings (SSSR count). The topological polar surface area (TPSA) is 47.3 Å².